The number of amides is 1. The third-order valence-corrected chi connectivity index (χ3v) is 5.26. The predicted octanol–water partition coefficient (Wildman–Crippen LogP) is 5.36. The first-order valence-electron chi connectivity index (χ1n) is 8.83. The van der Waals surface area contributed by atoms with E-state index in [4.69, 9.17) is 0 Å². The minimum atomic E-state index is -0.328. The average molecular weight is 391 g/mol. The summed E-state index contributed by atoms with van der Waals surface area (Å²) in [6.07, 6.45) is 1.76. The number of hydrogen-bond acceptors (Lipinski definition) is 3. The van der Waals surface area contributed by atoms with Crippen molar-refractivity contribution in [2.75, 3.05) is 5.32 Å². The summed E-state index contributed by atoms with van der Waals surface area (Å²) < 4.78 is 15.1. The first-order valence-corrected chi connectivity index (χ1v) is 9.71. The molecule has 0 saturated heterocycles. The van der Waals surface area contributed by atoms with Gasteiger partial charge in [0.1, 0.15) is 11.5 Å². The summed E-state index contributed by atoms with van der Waals surface area (Å²) in [6.45, 7) is 2.33. The number of aryl methyl sites for hydroxylation is 1. The Hall–Kier alpha value is -3.25. The quantitative estimate of drug-likeness (QED) is 0.498. The second-order valence-electron chi connectivity index (χ2n) is 6.47. The van der Waals surface area contributed by atoms with Gasteiger partial charge >= 0.3 is 0 Å². The third-order valence-electron chi connectivity index (χ3n) is 4.38. The smallest absolute Gasteiger partial charge is 0.259 e. The van der Waals surface area contributed by atoms with E-state index in [0.717, 1.165) is 10.4 Å². The van der Waals surface area contributed by atoms with Crippen LogP contribution in [0.25, 0.3) is 10.6 Å². The highest BCUT2D eigenvalue weighted by molar-refractivity contribution is 7.13. The number of halogens is 1. The van der Waals surface area contributed by atoms with Gasteiger partial charge < -0.3 is 5.32 Å². The molecule has 0 fully saturated rings. The number of aromatic nitrogens is 2. The van der Waals surface area contributed by atoms with E-state index in [-0.39, 0.29) is 11.7 Å². The number of nitrogens with zero attached hydrogens (tertiary/aromatic N) is 2. The van der Waals surface area contributed by atoms with Crippen molar-refractivity contribution in [1.29, 1.82) is 0 Å². The van der Waals surface area contributed by atoms with Gasteiger partial charge in [0.05, 0.1) is 17.0 Å². The number of carbonyl (C=O) groups excluding carboxylic acids is 1. The SMILES string of the molecule is Cc1cc(F)ccc1NC(=O)c1cn(Cc2ccccc2)nc1-c1cccs1. The Balaban J connectivity index is 1.67. The van der Waals surface area contributed by atoms with E-state index >= 15 is 0 Å². The van der Waals surface area contributed by atoms with Crippen molar-refractivity contribution in [1.82, 2.24) is 9.78 Å². The van der Waals surface area contributed by atoms with E-state index in [1.807, 2.05) is 47.8 Å². The zero-order valence-electron chi connectivity index (χ0n) is 15.2. The minimum Gasteiger partial charge on any atom is -0.322 e. The standard InChI is InChI=1S/C22H18FN3OS/c1-15-12-17(23)9-10-19(15)24-22(27)18-14-26(13-16-6-3-2-4-7-16)25-21(18)20-8-5-11-28-20/h2-12,14H,13H2,1H3,(H,24,27). The molecule has 4 nitrogen and oxygen atoms in total. The monoisotopic (exact) mass is 391 g/mol. The van der Waals surface area contributed by atoms with Crippen LogP contribution in [0.5, 0.6) is 0 Å². The van der Waals surface area contributed by atoms with Crippen molar-refractivity contribution in [3.05, 3.63) is 94.7 Å². The lowest BCUT2D eigenvalue weighted by Crippen LogP contribution is -2.13. The van der Waals surface area contributed by atoms with E-state index in [1.54, 1.807) is 23.9 Å². The van der Waals surface area contributed by atoms with Gasteiger partial charge in [-0.05, 0) is 47.7 Å². The van der Waals surface area contributed by atoms with Crippen LogP contribution in [-0.2, 0) is 6.54 Å². The van der Waals surface area contributed by atoms with E-state index in [2.05, 4.69) is 10.4 Å². The normalized spacial score (nSPS) is 10.8. The summed E-state index contributed by atoms with van der Waals surface area (Å²) in [5.74, 6) is -0.595. The topological polar surface area (TPSA) is 46.9 Å². The maximum Gasteiger partial charge on any atom is 0.259 e. The number of hydrogen-bond donors (Lipinski definition) is 1. The predicted molar refractivity (Wildman–Crippen MR) is 110 cm³/mol. The summed E-state index contributed by atoms with van der Waals surface area (Å²) in [7, 11) is 0. The van der Waals surface area contributed by atoms with Gasteiger partial charge in [-0.2, -0.15) is 5.10 Å². The molecule has 0 unspecified atom stereocenters. The van der Waals surface area contributed by atoms with Crippen LogP contribution < -0.4 is 5.32 Å². The lowest BCUT2D eigenvalue weighted by Gasteiger charge is -2.08. The Labute approximate surface area is 166 Å². The van der Waals surface area contributed by atoms with Gasteiger partial charge in [-0.25, -0.2) is 4.39 Å². The van der Waals surface area contributed by atoms with Crippen LogP contribution in [0.3, 0.4) is 0 Å². The fourth-order valence-electron chi connectivity index (χ4n) is 2.99. The Kier molecular flexibility index (Phi) is 5.04. The molecule has 0 aliphatic carbocycles. The zero-order chi connectivity index (χ0) is 19.5. The zero-order valence-corrected chi connectivity index (χ0v) is 16.0. The highest BCUT2D eigenvalue weighted by atomic mass is 32.1. The maximum absolute atomic E-state index is 13.3. The first kappa shape index (κ1) is 18.1. The Morgan fingerprint density at radius 1 is 1.14 bits per heavy atom. The molecule has 0 bridgehead atoms. The number of benzene rings is 2. The molecule has 4 rings (SSSR count). The molecule has 140 valence electrons. The third kappa shape index (κ3) is 3.87. The Morgan fingerprint density at radius 3 is 2.68 bits per heavy atom. The Bertz CT molecular complexity index is 1100. The molecule has 0 spiro atoms. The fourth-order valence-corrected chi connectivity index (χ4v) is 3.71. The molecule has 0 aliphatic rings. The molecule has 0 atom stereocenters. The molecule has 28 heavy (non-hydrogen) atoms. The van der Waals surface area contributed by atoms with Gasteiger partial charge in [-0.15, -0.1) is 11.3 Å². The van der Waals surface area contributed by atoms with Gasteiger partial charge in [-0.3, -0.25) is 9.48 Å². The maximum atomic E-state index is 13.3. The van der Waals surface area contributed by atoms with E-state index in [9.17, 15) is 9.18 Å². The van der Waals surface area contributed by atoms with Crippen LogP contribution in [0.1, 0.15) is 21.5 Å². The molecule has 6 heteroatoms. The van der Waals surface area contributed by atoms with Gasteiger partial charge in [0.2, 0.25) is 0 Å². The van der Waals surface area contributed by atoms with Crippen LogP contribution in [0, 0.1) is 12.7 Å². The van der Waals surface area contributed by atoms with Crippen molar-refractivity contribution in [2.24, 2.45) is 0 Å². The van der Waals surface area contributed by atoms with Crippen LogP contribution in [0.4, 0.5) is 10.1 Å². The number of anilines is 1. The summed E-state index contributed by atoms with van der Waals surface area (Å²) >= 11 is 1.53. The molecule has 0 saturated carbocycles. The largest absolute Gasteiger partial charge is 0.322 e. The first-order chi connectivity index (χ1) is 13.6. The Morgan fingerprint density at radius 2 is 1.96 bits per heavy atom. The van der Waals surface area contributed by atoms with Crippen molar-refractivity contribution in [3.63, 3.8) is 0 Å². The lowest BCUT2D eigenvalue weighted by atomic mass is 10.1. The number of rotatable bonds is 5. The van der Waals surface area contributed by atoms with E-state index in [0.29, 0.717) is 29.1 Å². The molecule has 2 aromatic heterocycles. The van der Waals surface area contributed by atoms with Gasteiger partial charge in [0.15, 0.2) is 0 Å². The summed E-state index contributed by atoms with van der Waals surface area (Å²) in [4.78, 5) is 13.9. The highest BCUT2D eigenvalue weighted by Crippen LogP contribution is 2.28. The molecule has 4 aromatic rings. The van der Waals surface area contributed by atoms with Crippen LogP contribution in [-0.4, -0.2) is 15.7 Å². The number of nitrogens with one attached hydrogen (secondary N) is 1. The molecule has 2 heterocycles. The van der Waals surface area contributed by atoms with Crippen LogP contribution in [0.15, 0.2) is 72.2 Å². The molecular formula is C22H18FN3OS. The van der Waals surface area contributed by atoms with Gasteiger partial charge in [0, 0.05) is 11.9 Å². The van der Waals surface area contributed by atoms with E-state index < -0.39 is 0 Å². The van der Waals surface area contributed by atoms with Crippen molar-refractivity contribution >= 4 is 22.9 Å². The van der Waals surface area contributed by atoms with Crippen LogP contribution in [0.2, 0.25) is 0 Å². The van der Waals surface area contributed by atoms with Crippen LogP contribution >= 0.6 is 11.3 Å². The number of carbonyl (C=O) groups is 1. The molecule has 0 aliphatic heterocycles. The molecule has 1 N–H and O–H groups in total. The fraction of sp³-hybridized carbons (Fsp3) is 0.0909. The second-order valence-corrected chi connectivity index (χ2v) is 7.41. The molecular weight excluding hydrogens is 373 g/mol. The summed E-state index contributed by atoms with van der Waals surface area (Å²) in [6, 6.07) is 18.1. The average Bonchev–Trinajstić information content (AvgIpc) is 3.34. The molecule has 2 aromatic carbocycles. The van der Waals surface area contributed by atoms with Crippen molar-refractivity contribution < 1.29 is 9.18 Å². The lowest BCUT2D eigenvalue weighted by molar-refractivity contribution is 0.102. The highest BCUT2D eigenvalue weighted by Gasteiger charge is 2.19. The van der Waals surface area contributed by atoms with Crippen molar-refractivity contribution in [2.45, 2.75) is 13.5 Å². The van der Waals surface area contributed by atoms with E-state index in [1.165, 1.54) is 23.5 Å². The van der Waals surface area contributed by atoms with Crippen molar-refractivity contribution in [3.8, 4) is 10.6 Å². The molecule has 1 amide bonds. The molecule has 0 radical (unpaired) electrons. The van der Waals surface area contributed by atoms with Gasteiger partial charge in [-0.1, -0.05) is 36.4 Å². The minimum absolute atomic E-state index is 0.266. The van der Waals surface area contributed by atoms with Gasteiger partial charge in [0.25, 0.3) is 5.91 Å². The second kappa shape index (κ2) is 7.78. The number of thiophene rings is 1. The summed E-state index contributed by atoms with van der Waals surface area (Å²) in [5, 5.41) is 9.49. The summed E-state index contributed by atoms with van der Waals surface area (Å²) in [5.41, 5.74) is 3.48.